The van der Waals surface area contributed by atoms with Gasteiger partial charge in [-0.2, -0.15) is 0 Å². The van der Waals surface area contributed by atoms with Crippen molar-refractivity contribution >= 4 is 18.0 Å². The molecule has 1 saturated carbocycles. The zero-order chi connectivity index (χ0) is 12.1. The Hall–Kier alpha value is -1.71. The number of aldehydes is 1. The van der Waals surface area contributed by atoms with Crippen LogP contribution in [0.15, 0.2) is 18.3 Å². The number of hydrogen-bond donors (Lipinski definition) is 1. The lowest BCUT2D eigenvalue weighted by atomic mass is 9.89. The van der Waals surface area contributed by atoms with Crippen molar-refractivity contribution in [1.29, 1.82) is 0 Å². The fraction of sp³-hybridized carbons (Fsp3) is 0.462. The molecule has 1 fully saturated rings. The first-order chi connectivity index (χ1) is 8.29. The van der Waals surface area contributed by atoms with Crippen LogP contribution in [0.5, 0.6) is 0 Å². The molecule has 4 heteroatoms. The Labute approximate surface area is 100 Å². The van der Waals surface area contributed by atoms with Crippen molar-refractivity contribution in [1.82, 2.24) is 4.98 Å². The van der Waals surface area contributed by atoms with Gasteiger partial charge in [-0.05, 0) is 25.0 Å². The van der Waals surface area contributed by atoms with Crippen molar-refractivity contribution in [2.75, 3.05) is 5.32 Å². The first-order valence-corrected chi connectivity index (χ1v) is 6.01. The lowest BCUT2D eigenvalue weighted by Gasteiger charge is -2.20. The summed E-state index contributed by atoms with van der Waals surface area (Å²) in [5, 5.41) is 2.80. The molecule has 2 rings (SSSR count). The van der Waals surface area contributed by atoms with E-state index in [1.807, 2.05) is 0 Å². The quantitative estimate of drug-likeness (QED) is 0.814. The van der Waals surface area contributed by atoms with Crippen molar-refractivity contribution in [3.05, 3.63) is 23.9 Å². The Morgan fingerprint density at radius 3 is 2.65 bits per heavy atom. The Morgan fingerprint density at radius 1 is 1.29 bits per heavy atom. The smallest absolute Gasteiger partial charge is 0.228 e. The van der Waals surface area contributed by atoms with Crippen LogP contribution in [0.1, 0.15) is 42.5 Å². The fourth-order valence-electron chi connectivity index (χ4n) is 2.14. The SMILES string of the molecule is O=Cc1ccc(NC(=O)C2CCCCC2)nc1. The number of rotatable bonds is 3. The Balaban J connectivity index is 1.94. The van der Waals surface area contributed by atoms with E-state index in [9.17, 15) is 9.59 Å². The maximum atomic E-state index is 11.9. The van der Waals surface area contributed by atoms with E-state index in [-0.39, 0.29) is 11.8 Å². The lowest BCUT2D eigenvalue weighted by molar-refractivity contribution is -0.120. The molecule has 1 heterocycles. The number of amides is 1. The number of nitrogens with zero attached hydrogens (tertiary/aromatic N) is 1. The van der Waals surface area contributed by atoms with Gasteiger partial charge in [-0.15, -0.1) is 0 Å². The Kier molecular flexibility index (Phi) is 3.85. The molecule has 90 valence electrons. The molecule has 0 saturated heterocycles. The maximum Gasteiger partial charge on any atom is 0.228 e. The molecule has 1 amide bonds. The monoisotopic (exact) mass is 232 g/mol. The lowest BCUT2D eigenvalue weighted by Crippen LogP contribution is -2.25. The van der Waals surface area contributed by atoms with E-state index in [0.717, 1.165) is 32.0 Å². The summed E-state index contributed by atoms with van der Waals surface area (Å²) in [5.41, 5.74) is 0.515. The van der Waals surface area contributed by atoms with Crippen LogP contribution >= 0.6 is 0 Å². The topological polar surface area (TPSA) is 59.1 Å². The molecule has 1 aliphatic carbocycles. The van der Waals surface area contributed by atoms with Crippen molar-refractivity contribution in [3.63, 3.8) is 0 Å². The molecule has 0 atom stereocenters. The third-order valence-corrected chi connectivity index (χ3v) is 3.15. The second-order valence-corrected chi connectivity index (χ2v) is 4.42. The van der Waals surface area contributed by atoms with Crippen LogP contribution in [0.3, 0.4) is 0 Å². The number of aromatic nitrogens is 1. The molecular formula is C13H16N2O2. The van der Waals surface area contributed by atoms with Gasteiger partial charge in [-0.25, -0.2) is 4.98 Å². The van der Waals surface area contributed by atoms with Crippen molar-refractivity contribution < 1.29 is 9.59 Å². The average molecular weight is 232 g/mol. The fourth-order valence-corrected chi connectivity index (χ4v) is 2.14. The van der Waals surface area contributed by atoms with Crippen LogP contribution in [0.2, 0.25) is 0 Å². The standard InChI is InChI=1S/C13H16N2O2/c16-9-10-6-7-12(14-8-10)15-13(17)11-4-2-1-3-5-11/h6-9,11H,1-5H2,(H,14,15,17). The Morgan fingerprint density at radius 2 is 2.06 bits per heavy atom. The summed E-state index contributed by atoms with van der Waals surface area (Å²) in [6, 6.07) is 3.31. The molecule has 17 heavy (non-hydrogen) atoms. The van der Waals surface area contributed by atoms with Crippen LogP contribution in [0, 0.1) is 5.92 Å². The number of pyridine rings is 1. The summed E-state index contributed by atoms with van der Waals surface area (Å²) >= 11 is 0. The normalized spacial score (nSPS) is 16.5. The number of carbonyl (C=O) groups is 2. The van der Waals surface area contributed by atoms with E-state index in [1.54, 1.807) is 12.1 Å². The molecule has 0 aliphatic heterocycles. The predicted octanol–water partition coefficient (Wildman–Crippen LogP) is 2.41. The number of anilines is 1. The van der Waals surface area contributed by atoms with E-state index < -0.39 is 0 Å². The molecule has 1 aliphatic rings. The first-order valence-electron chi connectivity index (χ1n) is 6.01. The van der Waals surface area contributed by atoms with Gasteiger partial charge in [0, 0.05) is 17.7 Å². The van der Waals surface area contributed by atoms with E-state index in [2.05, 4.69) is 10.3 Å². The Bertz CT molecular complexity index is 394. The van der Waals surface area contributed by atoms with E-state index >= 15 is 0 Å². The second-order valence-electron chi connectivity index (χ2n) is 4.42. The van der Waals surface area contributed by atoms with Gasteiger partial charge in [-0.3, -0.25) is 9.59 Å². The van der Waals surface area contributed by atoms with Crippen LogP contribution in [0.25, 0.3) is 0 Å². The molecular weight excluding hydrogens is 216 g/mol. The minimum absolute atomic E-state index is 0.0519. The van der Waals surface area contributed by atoms with Crippen LogP contribution in [0.4, 0.5) is 5.82 Å². The highest BCUT2D eigenvalue weighted by Gasteiger charge is 2.21. The van der Waals surface area contributed by atoms with Gasteiger partial charge in [0.2, 0.25) is 5.91 Å². The third kappa shape index (κ3) is 3.12. The molecule has 0 spiro atoms. The van der Waals surface area contributed by atoms with E-state index in [4.69, 9.17) is 0 Å². The third-order valence-electron chi connectivity index (χ3n) is 3.15. The van der Waals surface area contributed by atoms with Gasteiger partial charge in [-0.1, -0.05) is 19.3 Å². The highest BCUT2D eigenvalue weighted by atomic mass is 16.2. The molecule has 0 aromatic carbocycles. The predicted molar refractivity (Wildman–Crippen MR) is 64.8 cm³/mol. The number of hydrogen-bond acceptors (Lipinski definition) is 3. The molecule has 1 N–H and O–H groups in total. The average Bonchev–Trinajstić information content (AvgIpc) is 2.40. The molecule has 1 aromatic rings. The first kappa shape index (κ1) is 11.8. The zero-order valence-corrected chi connectivity index (χ0v) is 9.69. The van der Waals surface area contributed by atoms with Crippen LogP contribution in [-0.2, 0) is 4.79 Å². The maximum absolute atomic E-state index is 11.9. The van der Waals surface area contributed by atoms with Gasteiger partial charge < -0.3 is 5.32 Å². The largest absolute Gasteiger partial charge is 0.310 e. The molecule has 0 bridgehead atoms. The number of carbonyl (C=O) groups excluding carboxylic acids is 2. The van der Waals surface area contributed by atoms with Crippen molar-refractivity contribution in [2.24, 2.45) is 5.92 Å². The van der Waals surface area contributed by atoms with Crippen LogP contribution < -0.4 is 5.32 Å². The zero-order valence-electron chi connectivity index (χ0n) is 9.69. The highest BCUT2D eigenvalue weighted by molar-refractivity contribution is 5.91. The summed E-state index contributed by atoms with van der Waals surface area (Å²) in [7, 11) is 0. The summed E-state index contributed by atoms with van der Waals surface area (Å²) in [5.74, 6) is 0.693. The highest BCUT2D eigenvalue weighted by Crippen LogP contribution is 2.24. The molecule has 1 aromatic heterocycles. The van der Waals surface area contributed by atoms with Crippen molar-refractivity contribution in [3.8, 4) is 0 Å². The van der Waals surface area contributed by atoms with Gasteiger partial charge >= 0.3 is 0 Å². The molecule has 0 unspecified atom stereocenters. The summed E-state index contributed by atoms with van der Waals surface area (Å²) in [4.78, 5) is 26.4. The van der Waals surface area contributed by atoms with Crippen LogP contribution in [-0.4, -0.2) is 17.2 Å². The van der Waals surface area contributed by atoms with Gasteiger partial charge in [0.25, 0.3) is 0 Å². The minimum Gasteiger partial charge on any atom is -0.310 e. The van der Waals surface area contributed by atoms with Gasteiger partial charge in [0.05, 0.1) is 0 Å². The van der Waals surface area contributed by atoms with E-state index in [1.165, 1.54) is 12.6 Å². The molecule has 0 radical (unpaired) electrons. The summed E-state index contributed by atoms with van der Waals surface area (Å²) in [6.07, 6.45) is 7.64. The summed E-state index contributed by atoms with van der Waals surface area (Å²) < 4.78 is 0. The second kappa shape index (κ2) is 5.57. The van der Waals surface area contributed by atoms with Crippen molar-refractivity contribution in [2.45, 2.75) is 32.1 Å². The van der Waals surface area contributed by atoms with E-state index in [0.29, 0.717) is 11.4 Å². The van der Waals surface area contributed by atoms with Gasteiger partial charge in [0.15, 0.2) is 6.29 Å². The number of nitrogens with one attached hydrogen (secondary N) is 1. The van der Waals surface area contributed by atoms with Gasteiger partial charge in [0.1, 0.15) is 5.82 Å². The summed E-state index contributed by atoms with van der Waals surface area (Å²) in [6.45, 7) is 0. The molecule has 4 nitrogen and oxygen atoms in total. The minimum atomic E-state index is 0.0519.